The molecule has 0 spiro atoms. The molecule has 3 rings (SSSR count). The first-order chi connectivity index (χ1) is 11.8. The quantitative estimate of drug-likeness (QED) is 0.832. The molecule has 8 heteroatoms. The van der Waals surface area contributed by atoms with E-state index in [1.165, 1.54) is 22.5 Å². The predicted octanol–water partition coefficient (Wildman–Crippen LogP) is 2.46. The fourth-order valence-corrected chi connectivity index (χ4v) is 4.45. The van der Waals surface area contributed by atoms with Crippen LogP contribution in [-0.4, -0.2) is 41.9 Å². The van der Waals surface area contributed by atoms with Gasteiger partial charge >= 0.3 is 0 Å². The van der Waals surface area contributed by atoms with Gasteiger partial charge in [0.2, 0.25) is 15.9 Å². The van der Waals surface area contributed by atoms with Gasteiger partial charge in [0.25, 0.3) is 0 Å². The molecule has 1 aromatic heterocycles. The Morgan fingerprint density at radius 3 is 2.76 bits per heavy atom. The minimum atomic E-state index is -3.75. The van der Waals surface area contributed by atoms with Crippen molar-refractivity contribution in [1.82, 2.24) is 14.3 Å². The molecule has 2 heterocycles. The third kappa shape index (κ3) is 4.13. The number of hydrogen-bond acceptors (Lipinski definition) is 5. The molecule has 0 N–H and O–H groups in total. The Balaban J connectivity index is 1.76. The van der Waals surface area contributed by atoms with Gasteiger partial charge in [-0.25, -0.2) is 17.8 Å². The summed E-state index contributed by atoms with van der Waals surface area (Å²) in [5.41, 5.74) is 0.794. The second kappa shape index (κ2) is 7.05. The van der Waals surface area contributed by atoms with Crippen molar-refractivity contribution in [3.8, 4) is 5.88 Å². The Labute approximate surface area is 146 Å². The molecule has 1 fully saturated rings. The highest BCUT2D eigenvalue weighted by Gasteiger charge is 2.31. The average Bonchev–Trinajstić information content (AvgIpc) is 2.54. The molecule has 6 nitrogen and oxygen atoms in total. The van der Waals surface area contributed by atoms with E-state index in [2.05, 4.69) is 9.97 Å². The van der Waals surface area contributed by atoms with Crippen molar-refractivity contribution in [2.45, 2.75) is 37.7 Å². The van der Waals surface area contributed by atoms with Gasteiger partial charge < -0.3 is 4.74 Å². The second-order valence-corrected chi connectivity index (χ2v) is 8.04. The lowest BCUT2D eigenvalue weighted by Gasteiger charge is -2.31. The third-order valence-corrected chi connectivity index (χ3v) is 5.87. The number of rotatable bonds is 4. The van der Waals surface area contributed by atoms with Crippen molar-refractivity contribution >= 4 is 10.0 Å². The molecule has 0 aliphatic carbocycles. The summed E-state index contributed by atoms with van der Waals surface area (Å²) in [4.78, 5) is 8.39. The number of aromatic nitrogens is 2. The zero-order valence-electron chi connectivity index (χ0n) is 14.1. The lowest BCUT2D eigenvalue weighted by Crippen LogP contribution is -2.44. The van der Waals surface area contributed by atoms with E-state index in [9.17, 15) is 12.8 Å². The maximum absolute atomic E-state index is 13.4. The molecular formula is C17H20FN3O3S. The van der Waals surface area contributed by atoms with Gasteiger partial charge in [0.05, 0.1) is 11.4 Å². The summed E-state index contributed by atoms with van der Waals surface area (Å²) in [7, 11) is -3.75. The number of benzene rings is 1. The Kier molecular flexibility index (Phi) is 5.01. The number of piperidine rings is 1. The Bertz CT molecular complexity index is 853. The van der Waals surface area contributed by atoms with Gasteiger partial charge in [-0.15, -0.1) is 0 Å². The normalized spacial score (nSPS) is 18.9. The Morgan fingerprint density at radius 1 is 1.24 bits per heavy atom. The maximum Gasteiger partial charge on any atom is 0.243 e. The highest BCUT2D eigenvalue weighted by Crippen LogP contribution is 2.23. The fraction of sp³-hybridized carbons (Fsp3) is 0.412. The van der Waals surface area contributed by atoms with Crippen LogP contribution in [0.2, 0.25) is 0 Å². The Hall–Kier alpha value is -2.06. The standard InChI is InChI=1S/C17H20FN3O3S/c1-12-9-17(20-13(2)19-12)24-15-6-4-8-21(11-15)25(22,23)16-7-3-5-14(18)10-16/h3,5,7,9-10,15H,4,6,8,11H2,1-2H3. The van der Waals surface area contributed by atoms with Crippen LogP contribution >= 0.6 is 0 Å². The van der Waals surface area contributed by atoms with Crippen molar-refractivity contribution in [1.29, 1.82) is 0 Å². The van der Waals surface area contributed by atoms with Crippen molar-refractivity contribution in [3.63, 3.8) is 0 Å². The molecule has 0 amide bonds. The molecule has 1 aliphatic rings. The van der Waals surface area contributed by atoms with Gasteiger partial charge in [0.15, 0.2) is 0 Å². The lowest BCUT2D eigenvalue weighted by atomic mass is 10.1. The van der Waals surface area contributed by atoms with Crippen LogP contribution in [0.4, 0.5) is 4.39 Å². The van der Waals surface area contributed by atoms with E-state index in [-0.39, 0.29) is 17.5 Å². The molecule has 1 atom stereocenters. The minimum absolute atomic E-state index is 0.0399. The van der Waals surface area contributed by atoms with Gasteiger partial charge in [0.1, 0.15) is 17.7 Å². The van der Waals surface area contributed by atoms with E-state index in [1.54, 1.807) is 13.0 Å². The number of nitrogens with zero attached hydrogens (tertiary/aromatic N) is 3. The second-order valence-electron chi connectivity index (χ2n) is 6.10. The summed E-state index contributed by atoms with van der Waals surface area (Å²) in [6.45, 7) is 4.23. The topological polar surface area (TPSA) is 72.4 Å². The van der Waals surface area contributed by atoms with Crippen LogP contribution in [0.25, 0.3) is 0 Å². The van der Waals surface area contributed by atoms with E-state index in [0.717, 1.165) is 18.2 Å². The number of halogens is 1. The van der Waals surface area contributed by atoms with Crippen LogP contribution in [0.15, 0.2) is 35.2 Å². The van der Waals surface area contributed by atoms with Gasteiger partial charge in [-0.2, -0.15) is 9.29 Å². The largest absolute Gasteiger partial charge is 0.473 e. The van der Waals surface area contributed by atoms with Gasteiger partial charge in [-0.3, -0.25) is 0 Å². The minimum Gasteiger partial charge on any atom is -0.473 e. The molecule has 0 saturated carbocycles. The summed E-state index contributed by atoms with van der Waals surface area (Å²) >= 11 is 0. The number of hydrogen-bond donors (Lipinski definition) is 0. The van der Waals surface area contributed by atoms with E-state index < -0.39 is 15.8 Å². The number of aryl methyl sites for hydroxylation is 2. The van der Waals surface area contributed by atoms with Crippen LogP contribution in [-0.2, 0) is 10.0 Å². The molecule has 1 unspecified atom stereocenters. The zero-order chi connectivity index (χ0) is 18.0. The van der Waals surface area contributed by atoms with Crippen LogP contribution in [0.1, 0.15) is 24.4 Å². The molecule has 1 aliphatic heterocycles. The zero-order valence-corrected chi connectivity index (χ0v) is 15.0. The van der Waals surface area contributed by atoms with Crippen LogP contribution < -0.4 is 4.74 Å². The molecule has 25 heavy (non-hydrogen) atoms. The average molecular weight is 365 g/mol. The van der Waals surface area contributed by atoms with Crippen molar-refractivity contribution in [3.05, 3.63) is 47.7 Å². The van der Waals surface area contributed by atoms with Crippen molar-refractivity contribution in [2.24, 2.45) is 0 Å². The molecule has 1 aromatic carbocycles. The summed E-state index contributed by atoms with van der Waals surface area (Å²) in [5, 5.41) is 0. The summed E-state index contributed by atoms with van der Waals surface area (Å²) < 4.78 is 46.0. The van der Waals surface area contributed by atoms with E-state index >= 15 is 0 Å². The highest BCUT2D eigenvalue weighted by atomic mass is 32.2. The summed E-state index contributed by atoms with van der Waals surface area (Å²) in [6.07, 6.45) is 1.10. The van der Waals surface area contributed by atoms with Crippen molar-refractivity contribution in [2.75, 3.05) is 13.1 Å². The highest BCUT2D eigenvalue weighted by molar-refractivity contribution is 7.89. The van der Waals surface area contributed by atoms with Crippen LogP contribution in [0.5, 0.6) is 5.88 Å². The third-order valence-electron chi connectivity index (χ3n) is 4.00. The van der Waals surface area contributed by atoms with Crippen molar-refractivity contribution < 1.29 is 17.5 Å². The van der Waals surface area contributed by atoms with Gasteiger partial charge in [-0.05, 0) is 44.9 Å². The molecule has 0 radical (unpaired) electrons. The first kappa shape index (κ1) is 17.8. The van der Waals surface area contributed by atoms with Crippen LogP contribution in [0.3, 0.4) is 0 Å². The first-order valence-electron chi connectivity index (χ1n) is 8.09. The molecular weight excluding hydrogens is 345 g/mol. The lowest BCUT2D eigenvalue weighted by molar-refractivity contribution is 0.124. The first-order valence-corrected chi connectivity index (χ1v) is 9.53. The fourth-order valence-electron chi connectivity index (χ4n) is 2.91. The Morgan fingerprint density at radius 2 is 2.04 bits per heavy atom. The molecule has 2 aromatic rings. The predicted molar refractivity (Wildman–Crippen MR) is 90.3 cm³/mol. The van der Waals surface area contributed by atoms with E-state index in [1.807, 2.05) is 6.92 Å². The molecule has 1 saturated heterocycles. The maximum atomic E-state index is 13.4. The summed E-state index contributed by atoms with van der Waals surface area (Å²) in [6, 6.07) is 6.79. The summed E-state index contributed by atoms with van der Waals surface area (Å²) in [5.74, 6) is 0.480. The number of sulfonamides is 1. The van der Waals surface area contributed by atoms with Crippen LogP contribution in [0, 0.1) is 19.7 Å². The molecule has 134 valence electrons. The monoisotopic (exact) mass is 365 g/mol. The SMILES string of the molecule is Cc1cc(OC2CCCN(S(=O)(=O)c3cccc(F)c3)C2)nc(C)n1. The van der Waals surface area contributed by atoms with E-state index in [0.29, 0.717) is 24.7 Å². The van der Waals surface area contributed by atoms with Gasteiger partial charge in [0, 0.05) is 18.3 Å². The number of ether oxygens (including phenoxy) is 1. The smallest absolute Gasteiger partial charge is 0.243 e. The van der Waals surface area contributed by atoms with Gasteiger partial charge in [-0.1, -0.05) is 6.07 Å². The molecule has 0 bridgehead atoms. The van der Waals surface area contributed by atoms with E-state index in [4.69, 9.17) is 4.74 Å².